The minimum absolute atomic E-state index is 0.0170. The van der Waals surface area contributed by atoms with Crippen LogP contribution in [0, 0.1) is 11.6 Å². The highest BCUT2D eigenvalue weighted by Crippen LogP contribution is 2.26. The van der Waals surface area contributed by atoms with Gasteiger partial charge < -0.3 is 5.32 Å². The first-order chi connectivity index (χ1) is 10.1. The average Bonchev–Trinajstić information content (AvgIpc) is 2.83. The summed E-state index contributed by atoms with van der Waals surface area (Å²) in [4.78, 5) is 0. The molecule has 0 aliphatic carbocycles. The topological polar surface area (TPSA) is 29.9 Å². The molecule has 0 fully saturated rings. The van der Waals surface area contributed by atoms with Crippen LogP contribution in [0.3, 0.4) is 0 Å². The Bertz CT molecular complexity index is 613. The van der Waals surface area contributed by atoms with Crippen LogP contribution in [-0.2, 0) is 13.0 Å². The Morgan fingerprint density at radius 2 is 2.05 bits per heavy atom. The van der Waals surface area contributed by atoms with Gasteiger partial charge in [0.2, 0.25) is 0 Å². The number of nitrogens with one attached hydrogen (secondary N) is 1. The van der Waals surface area contributed by atoms with Gasteiger partial charge in [0.1, 0.15) is 0 Å². The Morgan fingerprint density at radius 1 is 1.29 bits per heavy atom. The van der Waals surface area contributed by atoms with E-state index >= 15 is 0 Å². The maximum absolute atomic E-state index is 13.4. The second-order valence-electron chi connectivity index (χ2n) is 4.76. The molecule has 0 saturated carbocycles. The van der Waals surface area contributed by atoms with Crippen molar-refractivity contribution in [2.24, 2.45) is 0 Å². The molecule has 0 radical (unpaired) electrons. The van der Waals surface area contributed by atoms with Crippen LogP contribution in [-0.4, -0.2) is 16.3 Å². The third kappa shape index (κ3) is 3.68. The second kappa shape index (κ2) is 7.13. The number of benzene rings is 1. The first-order valence-electron chi connectivity index (χ1n) is 6.95. The van der Waals surface area contributed by atoms with E-state index in [0.29, 0.717) is 6.42 Å². The van der Waals surface area contributed by atoms with Gasteiger partial charge >= 0.3 is 0 Å². The second-order valence-corrected chi connectivity index (χ2v) is 5.61. The van der Waals surface area contributed by atoms with E-state index < -0.39 is 11.6 Å². The minimum Gasteiger partial charge on any atom is -0.309 e. The quantitative estimate of drug-likeness (QED) is 0.851. The summed E-state index contributed by atoms with van der Waals surface area (Å²) in [6.07, 6.45) is 2.32. The molecule has 2 rings (SSSR count). The number of aryl methyl sites for hydroxylation is 1. The van der Waals surface area contributed by atoms with E-state index in [1.165, 1.54) is 12.1 Å². The molecule has 2 aromatic rings. The molecule has 114 valence electrons. The summed E-state index contributed by atoms with van der Waals surface area (Å²) in [5, 5.41) is 7.68. The summed E-state index contributed by atoms with van der Waals surface area (Å²) >= 11 is 3.51. The van der Waals surface area contributed by atoms with Crippen molar-refractivity contribution >= 4 is 15.9 Å². The van der Waals surface area contributed by atoms with E-state index in [9.17, 15) is 8.78 Å². The molecule has 3 nitrogen and oxygen atoms in total. The first-order valence-corrected chi connectivity index (χ1v) is 7.74. The maximum Gasteiger partial charge on any atom is 0.159 e. The molecule has 0 saturated heterocycles. The van der Waals surface area contributed by atoms with Gasteiger partial charge in [0.25, 0.3) is 0 Å². The zero-order chi connectivity index (χ0) is 15.4. The molecule has 1 unspecified atom stereocenters. The van der Waals surface area contributed by atoms with Gasteiger partial charge in [0, 0.05) is 6.54 Å². The number of aromatic nitrogens is 2. The van der Waals surface area contributed by atoms with Crippen molar-refractivity contribution in [3.63, 3.8) is 0 Å². The number of nitrogens with zero attached hydrogens (tertiary/aromatic N) is 2. The van der Waals surface area contributed by atoms with Crippen LogP contribution in [0.2, 0.25) is 0 Å². The average molecular weight is 358 g/mol. The highest BCUT2D eigenvalue weighted by atomic mass is 79.9. The molecule has 0 aliphatic rings. The van der Waals surface area contributed by atoms with Crippen molar-refractivity contribution in [2.45, 2.75) is 32.9 Å². The van der Waals surface area contributed by atoms with Gasteiger partial charge in [-0.05, 0) is 53.5 Å². The molecule has 1 N–H and O–H groups in total. The van der Waals surface area contributed by atoms with Crippen molar-refractivity contribution in [1.82, 2.24) is 15.1 Å². The lowest BCUT2D eigenvalue weighted by Crippen LogP contribution is -2.26. The lowest BCUT2D eigenvalue weighted by atomic mass is 10.0. The molecule has 1 aromatic carbocycles. The maximum atomic E-state index is 13.4. The van der Waals surface area contributed by atoms with Crippen molar-refractivity contribution in [2.75, 3.05) is 6.54 Å². The molecule has 0 aliphatic heterocycles. The van der Waals surface area contributed by atoms with Gasteiger partial charge in [0.15, 0.2) is 11.6 Å². The molecule has 6 heteroatoms. The van der Waals surface area contributed by atoms with Gasteiger partial charge in [-0.25, -0.2) is 8.78 Å². The first kappa shape index (κ1) is 16.1. The van der Waals surface area contributed by atoms with Crippen molar-refractivity contribution in [3.8, 4) is 0 Å². The van der Waals surface area contributed by atoms with Crippen LogP contribution < -0.4 is 5.32 Å². The van der Waals surface area contributed by atoms with E-state index in [2.05, 4.69) is 26.3 Å². The lowest BCUT2D eigenvalue weighted by molar-refractivity contribution is 0.482. The fourth-order valence-electron chi connectivity index (χ4n) is 2.38. The van der Waals surface area contributed by atoms with E-state index in [-0.39, 0.29) is 6.04 Å². The molecule has 1 atom stereocenters. The SMILES string of the molecule is CCNC(Cc1ccc(F)c(F)c1)c1c(Br)cnn1CC. The highest BCUT2D eigenvalue weighted by molar-refractivity contribution is 9.10. The summed E-state index contributed by atoms with van der Waals surface area (Å²) in [6, 6.07) is 4.01. The molecular formula is C15H18BrF2N3. The lowest BCUT2D eigenvalue weighted by Gasteiger charge is -2.20. The molecular weight excluding hydrogens is 340 g/mol. The molecule has 21 heavy (non-hydrogen) atoms. The molecule has 1 aromatic heterocycles. The Morgan fingerprint density at radius 3 is 2.67 bits per heavy atom. The van der Waals surface area contributed by atoms with Crippen LogP contribution in [0.1, 0.15) is 31.1 Å². The van der Waals surface area contributed by atoms with Crippen molar-refractivity contribution in [1.29, 1.82) is 0 Å². The van der Waals surface area contributed by atoms with E-state index in [4.69, 9.17) is 0 Å². The third-order valence-electron chi connectivity index (χ3n) is 3.34. The Hall–Kier alpha value is -1.27. The van der Waals surface area contributed by atoms with Crippen LogP contribution >= 0.6 is 15.9 Å². The number of rotatable bonds is 6. The Labute approximate surface area is 131 Å². The normalized spacial score (nSPS) is 12.6. The van der Waals surface area contributed by atoms with Crippen LogP contribution in [0.4, 0.5) is 8.78 Å². The molecule has 0 bridgehead atoms. The Balaban J connectivity index is 2.30. The molecule has 0 amide bonds. The van der Waals surface area contributed by atoms with Crippen molar-refractivity contribution < 1.29 is 8.78 Å². The zero-order valence-electron chi connectivity index (χ0n) is 12.0. The third-order valence-corrected chi connectivity index (χ3v) is 3.95. The number of likely N-dealkylation sites (N-methyl/N-ethyl adjacent to an activating group) is 1. The number of halogens is 3. The predicted molar refractivity (Wildman–Crippen MR) is 82.1 cm³/mol. The highest BCUT2D eigenvalue weighted by Gasteiger charge is 2.20. The summed E-state index contributed by atoms with van der Waals surface area (Å²) in [6.45, 7) is 5.55. The van der Waals surface area contributed by atoms with E-state index in [0.717, 1.165) is 28.8 Å². The fourth-order valence-corrected chi connectivity index (χ4v) is 2.96. The number of hydrogen-bond acceptors (Lipinski definition) is 2. The number of hydrogen-bond donors (Lipinski definition) is 1. The van der Waals surface area contributed by atoms with Gasteiger partial charge in [-0.3, -0.25) is 4.68 Å². The van der Waals surface area contributed by atoms with Crippen molar-refractivity contribution in [3.05, 3.63) is 51.8 Å². The standard InChI is InChI=1S/C15H18BrF2N3/c1-3-19-14(15-11(16)9-20-21(15)4-2)8-10-5-6-12(17)13(18)7-10/h5-7,9,14,19H,3-4,8H2,1-2H3. The molecule has 0 spiro atoms. The minimum atomic E-state index is -0.821. The van der Waals surface area contributed by atoms with E-state index in [1.54, 1.807) is 12.3 Å². The molecule has 1 heterocycles. The van der Waals surface area contributed by atoms with E-state index in [1.807, 2.05) is 18.5 Å². The van der Waals surface area contributed by atoms with Gasteiger partial charge in [-0.15, -0.1) is 0 Å². The summed E-state index contributed by atoms with van der Waals surface area (Å²) < 4.78 is 29.2. The monoisotopic (exact) mass is 357 g/mol. The Kier molecular flexibility index (Phi) is 5.47. The predicted octanol–water partition coefficient (Wildman–Crippen LogP) is 3.84. The summed E-state index contributed by atoms with van der Waals surface area (Å²) in [5.41, 5.74) is 1.76. The summed E-state index contributed by atoms with van der Waals surface area (Å²) in [5.74, 6) is -1.63. The van der Waals surface area contributed by atoms with Crippen LogP contribution in [0.25, 0.3) is 0 Å². The van der Waals surface area contributed by atoms with Gasteiger partial charge in [-0.2, -0.15) is 5.10 Å². The fraction of sp³-hybridized carbons (Fsp3) is 0.400. The largest absolute Gasteiger partial charge is 0.309 e. The smallest absolute Gasteiger partial charge is 0.159 e. The van der Waals surface area contributed by atoms with Crippen LogP contribution in [0.5, 0.6) is 0 Å². The van der Waals surface area contributed by atoms with Crippen LogP contribution in [0.15, 0.2) is 28.9 Å². The van der Waals surface area contributed by atoms with Gasteiger partial charge in [-0.1, -0.05) is 13.0 Å². The zero-order valence-corrected chi connectivity index (χ0v) is 13.6. The summed E-state index contributed by atoms with van der Waals surface area (Å²) in [7, 11) is 0. The van der Waals surface area contributed by atoms with Gasteiger partial charge in [0.05, 0.1) is 22.4 Å².